The number of aliphatic imine (C=N–C) groups is 1. The zero-order valence-electron chi connectivity index (χ0n) is 13.0. The highest BCUT2D eigenvalue weighted by molar-refractivity contribution is 8.14. The van der Waals surface area contributed by atoms with Gasteiger partial charge in [-0.25, -0.2) is 0 Å². The zero-order valence-corrected chi connectivity index (χ0v) is 13.9. The van der Waals surface area contributed by atoms with E-state index in [1.807, 2.05) is 24.3 Å². The van der Waals surface area contributed by atoms with E-state index < -0.39 is 0 Å². The molecule has 0 bridgehead atoms. The van der Waals surface area contributed by atoms with Gasteiger partial charge in [0.1, 0.15) is 0 Å². The molecule has 122 valence electrons. The van der Waals surface area contributed by atoms with Crippen molar-refractivity contribution >= 4 is 34.2 Å². The summed E-state index contributed by atoms with van der Waals surface area (Å²) in [7, 11) is 0. The predicted octanol–water partition coefficient (Wildman–Crippen LogP) is 2.22. The minimum Gasteiger partial charge on any atom is -0.376 e. The number of nitrogens with zero attached hydrogens (tertiary/aromatic N) is 2. The zero-order chi connectivity index (χ0) is 16.1. The Morgan fingerprint density at radius 1 is 1.48 bits per heavy atom. The summed E-state index contributed by atoms with van der Waals surface area (Å²) in [6.45, 7) is 3.05. The number of carbonyl (C=O) groups is 1. The molecule has 0 unspecified atom stereocenters. The lowest BCUT2D eigenvalue weighted by Gasteiger charge is -2.16. The molecule has 2 N–H and O–H groups in total. The number of hydrogen-bond acceptors (Lipinski definition) is 5. The van der Waals surface area contributed by atoms with Crippen LogP contribution in [0.3, 0.4) is 0 Å². The van der Waals surface area contributed by atoms with E-state index in [0.29, 0.717) is 6.54 Å². The van der Waals surface area contributed by atoms with E-state index in [4.69, 9.17) is 4.74 Å². The topological polar surface area (TPSA) is 75.1 Å². The van der Waals surface area contributed by atoms with Crippen LogP contribution in [0.4, 0.5) is 5.69 Å². The molecule has 0 spiro atoms. The van der Waals surface area contributed by atoms with E-state index in [2.05, 4.69) is 20.8 Å². The van der Waals surface area contributed by atoms with Gasteiger partial charge >= 0.3 is 0 Å². The number of nitrogens with one attached hydrogen (secondary N) is 2. The molecule has 1 amide bonds. The second-order valence-corrected chi connectivity index (χ2v) is 6.46. The van der Waals surface area contributed by atoms with Gasteiger partial charge in [0.05, 0.1) is 18.4 Å². The lowest BCUT2D eigenvalue weighted by atomic mass is 10.1. The average Bonchev–Trinajstić information content (AvgIpc) is 3.07. The van der Waals surface area contributed by atoms with E-state index >= 15 is 0 Å². The third kappa shape index (κ3) is 4.56. The molecule has 1 aromatic carbocycles. The van der Waals surface area contributed by atoms with Crippen LogP contribution in [-0.4, -0.2) is 41.8 Å². The summed E-state index contributed by atoms with van der Waals surface area (Å²) in [6, 6.07) is 7.68. The standard InChI is InChI=1S/C16H20N4O2S/c1-11(21)18-13-6-4-12(5-7-13)15-10-23-16(20-19-15)17-9-14-3-2-8-22-14/h4-7,14H,2-3,8-10H2,1H3,(H,17,20)(H,18,21)/t14-/m1/s1. The average molecular weight is 332 g/mol. The lowest BCUT2D eigenvalue weighted by Crippen LogP contribution is -2.26. The van der Waals surface area contributed by atoms with Gasteiger partial charge in [0.15, 0.2) is 5.17 Å². The molecule has 0 saturated carbocycles. The molecule has 1 fully saturated rings. The first kappa shape index (κ1) is 16.0. The number of amidine groups is 1. The molecule has 2 aliphatic rings. The van der Waals surface area contributed by atoms with Gasteiger partial charge in [-0.3, -0.25) is 15.2 Å². The molecule has 1 saturated heterocycles. The molecule has 0 aliphatic carbocycles. The first-order valence-electron chi connectivity index (χ1n) is 7.70. The van der Waals surface area contributed by atoms with Crippen LogP contribution >= 0.6 is 11.8 Å². The van der Waals surface area contributed by atoms with Crippen molar-refractivity contribution in [3.8, 4) is 0 Å². The van der Waals surface area contributed by atoms with Gasteiger partial charge in [0, 0.05) is 25.0 Å². The number of hydrazone groups is 1. The summed E-state index contributed by atoms with van der Waals surface area (Å²) in [5.74, 6) is 0.702. The third-order valence-electron chi connectivity index (χ3n) is 3.63. The molecule has 2 heterocycles. The minimum absolute atomic E-state index is 0.0722. The molecule has 3 rings (SSSR count). The number of amides is 1. The summed E-state index contributed by atoms with van der Waals surface area (Å²) < 4.78 is 5.56. The first-order valence-corrected chi connectivity index (χ1v) is 8.69. The second kappa shape index (κ2) is 7.61. The van der Waals surface area contributed by atoms with Gasteiger partial charge in [0.25, 0.3) is 0 Å². The Morgan fingerprint density at radius 2 is 2.30 bits per heavy atom. The Bertz CT molecular complexity index is 621. The maximum absolute atomic E-state index is 11.0. The Balaban J connectivity index is 1.57. The van der Waals surface area contributed by atoms with E-state index in [1.54, 1.807) is 11.8 Å². The van der Waals surface area contributed by atoms with Crippen LogP contribution < -0.4 is 10.7 Å². The van der Waals surface area contributed by atoms with Crippen LogP contribution in [0.2, 0.25) is 0 Å². The van der Waals surface area contributed by atoms with Crippen molar-refractivity contribution in [2.45, 2.75) is 25.9 Å². The SMILES string of the molecule is CC(=O)Nc1ccc(C2=NNC(=NC[C@H]3CCCO3)SC2)cc1. The predicted molar refractivity (Wildman–Crippen MR) is 94.2 cm³/mol. The van der Waals surface area contributed by atoms with Gasteiger partial charge in [0.2, 0.25) is 5.91 Å². The number of carbonyl (C=O) groups excluding carboxylic acids is 1. The normalized spacial score (nSPS) is 22.6. The quantitative estimate of drug-likeness (QED) is 0.886. The number of hydrogen-bond donors (Lipinski definition) is 2. The Labute approximate surface area is 139 Å². The molecular formula is C16H20N4O2S. The van der Waals surface area contributed by atoms with E-state index in [1.165, 1.54) is 6.92 Å². The molecular weight excluding hydrogens is 312 g/mol. The van der Waals surface area contributed by atoms with Crippen molar-refractivity contribution in [3.05, 3.63) is 29.8 Å². The minimum atomic E-state index is -0.0722. The Kier molecular flexibility index (Phi) is 5.30. The van der Waals surface area contributed by atoms with Crippen molar-refractivity contribution in [2.75, 3.05) is 24.2 Å². The molecule has 2 aliphatic heterocycles. The van der Waals surface area contributed by atoms with Crippen LogP contribution in [0.5, 0.6) is 0 Å². The number of ether oxygens (including phenoxy) is 1. The van der Waals surface area contributed by atoms with Crippen molar-refractivity contribution in [1.29, 1.82) is 0 Å². The van der Waals surface area contributed by atoms with Gasteiger partial charge < -0.3 is 10.1 Å². The van der Waals surface area contributed by atoms with Crippen molar-refractivity contribution < 1.29 is 9.53 Å². The molecule has 1 aromatic rings. The summed E-state index contributed by atoms with van der Waals surface area (Å²) in [5, 5.41) is 8.01. The molecule has 7 heteroatoms. The Morgan fingerprint density at radius 3 is 2.91 bits per heavy atom. The van der Waals surface area contributed by atoms with Crippen molar-refractivity contribution in [3.63, 3.8) is 0 Å². The number of thioether (sulfide) groups is 1. The van der Waals surface area contributed by atoms with E-state index in [-0.39, 0.29) is 12.0 Å². The molecule has 1 atom stereocenters. The van der Waals surface area contributed by atoms with Crippen LogP contribution in [-0.2, 0) is 9.53 Å². The fraction of sp³-hybridized carbons (Fsp3) is 0.438. The maximum Gasteiger partial charge on any atom is 0.221 e. The molecule has 0 radical (unpaired) electrons. The van der Waals surface area contributed by atoms with Gasteiger partial charge in [-0.15, -0.1) is 0 Å². The van der Waals surface area contributed by atoms with Gasteiger partial charge in [-0.2, -0.15) is 5.10 Å². The highest BCUT2D eigenvalue weighted by Gasteiger charge is 2.17. The van der Waals surface area contributed by atoms with Crippen molar-refractivity contribution in [1.82, 2.24) is 5.43 Å². The second-order valence-electron chi connectivity index (χ2n) is 5.50. The van der Waals surface area contributed by atoms with Gasteiger partial charge in [-0.1, -0.05) is 23.9 Å². The van der Waals surface area contributed by atoms with Crippen LogP contribution in [0, 0.1) is 0 Å². The molecule has 0 aromatic heterocycles. The first-order chi connectivity index (χ1) is 11.2. The highest BCUT2D eigenvalue weighted by atomic mass is 32.2. The van der Waals surface area contributed by atoms with Crippen LogP contribution in [0.1, 0.15) is 25.3 Å². The molecule has 6 nitrogen and oxygen atoms in total. The molecule has 23 heavy (non-hydrogen) atoms. The van der Waals surface area contributed by atoms with E-state index in [9.17, 15) is 4.79 Å². The lowest BCUT2D eigenvalue weighted by molar-refractivity contribution is -0.114. The van der Waals surface area contributed by atoms with Crippen molar-refractivity contribution in [2.24, 2.45) is 10.1 Å². The fourth-order valence-electron chi connectivity index (χ4n) is 2.47. The Hall–Kier alpha value is -1.86. The number of benzene rings is 1. The summed E-state index contributed by atoms with van der Waals surface area (Å²) in [6.07, 6.45) is 2.49. The summed E-state index contributed by atoms with van der Waals surface area (Å²) in [4.78, 5) is 15.6. The largest absolute Gasteiger partial charge is 0.376 e. The fourth-order valence-corrected chi connectivity index (χ4v) is 3.25. The number of rotatable bonds is 4. The third-order valence-corrected chi connectivity index (χ3v) is 4.54. The number of anilines is 1. The van der Waals surface area contributed by atoms with E-state index in [0.717, 1.165) is 47.3 Å². The smallest absolute Gasteiger partial charge is 0.221 e. The summed E-state index contributed by atoms with van der Waals surface area (Å²) in [5.41, 5.74) is 5.81. The summed E-state index contributed by atoms with van der Waals surface area (Å²) >= 11 is 1.65. The van der Waals surface area contributed by atoms with Gasteiger partial charge in [-0.05, 0) is 30.5 Å². The highest BCUT2D eigenvalue weighted by Crippen LogP contribution is 2.17. The van der Waals surface area contributed by atoms with Crippen LogP contribution in [0.15, 0.2) is 34.4 Å². The maximum atomic E-state index is 11.0. The monoisotopic (exact) mass is 332 g/mol. The van der Waals surface area contributed by atoms with Crippen LogP contribution in [0.25, 0.3) is 0 Å².